The van der Waals surface area contributed by atoms with E-state index in [0.29, 0.717) is 24.9 Å². The Bertz CT molecular complexity index is 830. The van der Waals surface area contributed by atoms with Crippen molar-refractivity contribution in [2.45, 2.75) is 26.3 Å². The van der Waals surface area contributed by atoms with Crippen molar-refractivity contribution < 1.29 is 18.7 Å². The summed E-state index contributed by atoms with van der Waals surface area (Å²) in [4.78, 5) is 15.0. The summed E-state index contributed by atoms with van der Waals surface area (Å²) in [7, 11) is 0. The highest BCUT2D eigenvalue weighted by atomic mass is 19.1. The fourth-order valence-corrected chi connectivity index (χ4v) is 3.88. The molecule has 6 nitrogen and oxygen atoms in total. The molecule has 1 aromatic heterocycles. The molecular formula is C20H24FN3O3. The molecule has 0 spiro atoms. The molecule has 4 rings (SSSR count). The van der Waals surface area contributed by atoms with Gasteiger partial charge in [-0.05, 0) is 45.0 Å². The van der Waals surface area contributed by atoms with E-state index in [-0.39, 0.29) is 23.4 Å². The van der Waals surface area contributed by atoms with Crippen molar-refractivity contribution in [1.82, 2.24) is 14.7 Å². The van der Waals surface area contributed by atoms with Gasteiger partial charge in [0.1, 0.15) is 17.1 Å². The Hall–Kier alpha value is -2.41. The van der Waals surface area contributed by atoms with Gasteiger partial charge >= 0.3 is 5.97 Å². The lowest BCUT2D eigenvalue weighted by Crippen LogP contribution is -2.36. The van der Waals surface area contributed by atoms with Gasteiger partial charge in [0, 0.05) is 18.0 Å². The van der Waals surface area contributed by atoms with Gasteiger partial charge in [-0.15, -0.1) is 0 Å². The number of nitrogens with zero attached hydrogens (tertiary/aromatic N) is 3. The monoisotopic (exact) mass is 373 g/mol. The van der Waals surface area contributed by atoms with Gasteiger partial charge in [-0.25, -0.2) is 13.9 Å². The van der Waals surface area contributed by atoms with Crippen LogP contribution in [-0.2, 0) is 11.3 Å². The summed E-state index contributed by atoms with van der Waals surface area (Å²) in [5.41, 5.74) is 0.770. The SMILES string of the molecule is CCOC(=O)c1c(-c2ccccc2F)nn2c1OCC(CN1CCCC1)C2. The van der Waals surface area contributed by atoms with Crippen LogP contribution in [0.1, 0.15) is 30.1 Å². The second-order valence-electron chi connectivity index (χ2n) is 7.10. The molecule has 2 aliphatic heterocycles. The molecule has 1 aromatic carbocycles. The van der Waals surface area contributed by atoms with Crippen LogP contribution in [-0.4, -0.2) is 53.5 Å². The van der Waals surface area contributed by atoms with Gasteiger partial charge < -0.3 is 14.4 Å². The van der Waals surface area contributed by atoms with Gasteiger partial charge in [0.05, 0.1) is 19.8 Å². The highest BCUT2D eigenvalue weighted by Crippen LogP contribution is 2.35. The van der Waals surface area contributed by atoms with E-state index < -0.39 is 11.8 Å². The molecule has 0 aliphatic carbocycles. The van der Waals surface area contributed by atoms with Crippen LogP contribution in [0.5, 0.6) is 5.88 Å². The van der Waals surface area contributed by atoms with E-state index in [1.54, 1.807) is 29.8 Å². The van der Waals surface area contributed by atoms with E-state index in [9.17, 15) is 9.18 Å². The van der Waals surface area contributed by atoms with Gasteiger partial charge in [-0.2, -0.15) is 5.10 Å². The van der Waals surface area contributed by atoms with Crippen molar-refractivity contribution in [3.05, 3.63) is 35.6 Å². The molecule has 1 unspecified atom stereocenters. The largest absolute Gasteiger partial charge is 0.477 e. The number of aromatic nitrogens is 2. The summed E-state index contributed by atoms with van der Waals surface area (Å²) in [5, 5.41) is 4.54. The van der Waals surface area contributed by atoms with E-state index >= 15 is 0 Å². The third-order valence-electron chi connectivity index (χ3n) is 5.12. The fraction of sp³-hybridized carbons (Fsp3) is 0.500. The summed E-state index contributed by atoms with van der Waals surface area (Å²) >= 11 is 0. The first-order chi connectivity index (χ1) is 13.2. The summed E-state index contributed by atoms with van der Waals surface area (Å²) in [6.45, 7) is 6.33. The summed E-state index contributed by atoms with van der Waals surface area (Å²) in [6.07, 6.45) is 2.48. The third kappa shape index (κ3) is 3.56. The Balaban J connectivity index is 1.67. The van der Waals surface area contributed by atoms with Gasteiger partial charge in [-0.3, -0.25) is 0 Å². The lowest BCUT2D eigenvalue weighted by Gasteiger charge is -2.28. The average Bonchev–Trinajstić information content (AvgIpc) is 3.29. The maximum atomic E-state index is 14.4. The van der Waals surface area contributed by atoms with Crippen molar-refractivity contribution in [2.75, 3.05) is 32.8 Å². The summed E-state index contributed by atoms with van der Waals surface area (Å²) in [6, 6.07) is 6.32. The third-order valence-corrected chi connectivity index (χ3v) is 5.12. The molecule has 144 valence electrons. The molecular weight excluding hydrogens is 349 g/mol. The standard InChI is InChI=1S/C20H24FN3O3/c1-2-26-20(25)17-18(15-7-3-4-8-16(15)21)22-24-12-14(13-27-19(17)24)11-23-9-5-6-10-23/h3-4,7-8,14H,2,5-6,9-13H2,1H3. The van der Waals surface area contributed by atoms with E-state index in [1.165, 1.54) is 18.9 Å². The van der Waals surface area contributed by atoms with Crippen LogP contribution in [0.15, 0.2) is 24.3 Å². The van der Waals surface area contributed by atoms with E-state index in [0.717, 1.165) is 19.6 Å². The molecule has 27 heavy (non-hydrogen) atoms. The van der Waals surface area contributed by atoms with Crippen molar-refractivity contribution in [3.63, 3.8) is 0 Å². The second-order valence-corrected chi connectivity index (χ2v) is 7.10. The van der Waals surface area contributed by atoms with Crippen LogP contribution >= 0.6 is 0 Å². The van der Waals surface area contributed by atoms with Crippen LogP contribution in [0.4, 0.5) is 4.39 Å². The lowest BCUT2D eigenvalue weighted by molar-refractivity contribution is 0.0515. The highest BCUT2D eigenvalue weighted by molar-refractivity contribution is 5.99. The molecule has 3 heterocycles. The van der Waals surface area contributed by atoms with E-state index in [1.807, 2.05) is 0 Å². The second kappa shape index (κ2) is 7.68. The van der Waals surface area contributed by atoms with Crippen LogP contribution < -0.4 is 4.74 Å². The molecule has 7 heteroatoms. The normalized spacial score (nSPS) is 19.6. The summed E-state index contributed by atoms with van der Waals surface area (Å²) in [5.74, 6) is -0.287. The lowest BCUT2D eigenvalue weighted by atomic mass is 10.1. The number of hydrogen-bond donors (Lipinski definition) is 0. The highest BCUT2D eigenvalue weighted by Gasteiger charge is 2.33. The van der Waals surface area contributed by atoms with Gasteiger partial charge in [0.2, 0.25) is 5.88 Å². The predicted molar refractivity (Wildman–Crippen MR) is 98.2 cm³/mol. The van der Waals surface area contributed by atoms with Crippen molar-refractivity contribution in [3.8, 4) is 17.1 Å². The molecule has 2 aliphatic rings. The van der Waals surface area contributed by atoms with Gasteiger partial charge in [-0.1, -0.05) is 12.1 Å². The van der Waals surface area contributed by atoms with Crippen LogP contribution in [0.25, 0.3) is 11.3 Å². The maximum absolute atomic E-state index is 14.4. The molecule has 2 aromatic rings. The zero-order valence-corrected chi connectivity index (χ0v) is 15.5. The average molecular weight is 373 g/mol. The minimum atomic E-state index is -0.532. The number of fused-ring (bicyclic) bond motifs is 1. The number of likely N-dealkylation sites (tertiary alicyclic amines) is 1. The van der Waals surface area contributed by atoms with Gasteiger partial charge in [0.15, 0.2) is 0 Å². The van der Waals surface area contributed by atoms with Crippen LogP contribution in [0.2, 0.25) is 0 Å². The summed E-state index contributed by atoms with van der Waals surface area (Å²) < 4.78 is 27.2. The Kier molecular flexibility index (Phi) is 5.11. The van der Waals surface area contributed by atoms with E-state index in [2.05, 4.69) is 10.00 Å². The first-order valence-corrected chi connectivity index (χ1v) is 9.55. The Morgan fingerprint density at radius 1 is 1.33 bits per heavy atom. The molecule has 1 atom stereocenters. The first-order valence-electron chi connectivity index (χ1n) is 9.55. The zero-order chi connectivity index (χ0) is 18.8. The van der Waals surface area contributed by atoms with Crippen molar-refractivity contribution in [1.29, 1.82) is 0 Å². The minimum Gasteiger partial charge on any atom is -0.477 e. The van der Waals surface area contributed by atoms with Crippen LogP contribution in [0.3, 0.4) is 0 Å². The van der Waals surface area contributed by atoms with Gasteiger partial charge in [0.25, 0.3) is 0 Å². The Morgan fingerprint density at radius 2 is 2.11 bits per heavy atom. The molecule has 0 radical (unpaired) electrons. The zero-order valence-electron chi connectivity index (χ0n) is 15.5. The molecule has 1 saturated heterocycles. The number of rotatable bonds is 5. The van der Waals surface area contributed by atoms with Crippen molar-refractivity contribution in [2.24, 2.45) is 5.92 Å². The number of esters is 1. The van der Waals surface area contributed by atoms with E-state index in [4.69, 9.17) is 9.47 Å². The number of benzene rings is 1. The smallest absolute Gasteiger partial charge is 0.345 e. The molecule has 0 bridgehead atoms. The first kappa shape index (κ1) is 18.0. The molecule has 1 fully saturated rings. The number of ether oxygens (including phenoxy) is 2. The predicted octanol–water partition coefficient (Wildman–Crippen LogP) is 2.97. The minimum absolute atomic E-state index is 0.210. The van der Waals surface area contributed by atoms with Crippen LogP contribution in [0, 0.1) is 11.7 Å². The maximum Gasteiger partial charge on any atom is 0.345 e. The molecule has 0 N–H and O–H groups in total. The number of carbonyl (C=O) groups excluding carboxylic acids is 1. The fourth-order valence-electron chi connectivity index (χ4n) is 3.88. The quantitative estimate of drug-likeness (QED) is 0.754. The van der Waals surface area contributed by atoms with Crippen molar-refractivity contribution >= 4 is 5.97 Å². The molecule has 0 saturated carbocycles. The number of hydrogen-bond acceptors (Lipinski definition) is 5. The molecule has 0 amide bonds. The number of carbonyl (C=O) groups is 1. The Labute approximate surface area is 157 Å². The topological polar surface area (TPSA) is 56.6 Å². The Morgan fingerprint density at radius 3 is 2.85 bits per heavy atom. The number of halogens is 1.